The Labute approximate surface area is 468 Å². The number of unbranched alkanes of at least 4 members (excludes halogenated alkanes) is 26. The molecule has 1 fully saturated rings. The van der Waals surface area contributed by atoms with Gasteiger partial charge in [-0.05, 0) is 83.5 Å². The smallest absolute Gasteiger partial charge is 0.335 e. The lowest BCUT2D eigenvalue weighted by Gasteiger charge is -2.40. The standard InChI is InChI=1S/C65H110O12/c1-4-7-10-13-16-19-22-25-27-29-31-34-36-39-42-45-48-51-57(66)73-54-56(75-58(67)52-49-46-43-40-38-35-32-30-28-26-23-20-17-14-11-8-5-2)55-74-65-63(61(70)60(69)62(77-65)64(71)72)76-59(68)53-50-47-44-41-37-33-24-21-18-15-12-9-6-3/h7,10,12,15-16,19,21,24-25,27,31,34,56,60-63,65,69-70H,4-6,8-9,11,13-14,17-18,20,22-23,26,28-30,32-33,35-55H2,1-3H3,(H,71,72)/b10-7-,15-12-,19-16-,24-21-,27-25-,34-31-. The minimum Gasteiger partial charge on any atom is -0.479 e. The summed E-state index contributed by atoms with van der Waals surface area (Å²) in [6, 6.07) is 0. The Hall–Kier alpha value is -3.84. The van der Waals surface area contributed by atoms with Crippen molar-refractivity contribution in [3.8, 4) is 0 Å². The van der Waals surface area contributed by atoms with Gasteiger partial charge in [0.05, 0.1) is 6.61 Å². The van der Waals surface area contributed by atoms with Crippen molar-refractivity contribution in [3.05, 3.63) is 72.9 Å². The van der Waals surface area contributed by atoms with Gasteiger partial charge in [0.15, 0.2) is 24.6 Å². The van der Waals surface area contributed by atoms with Crippen LogP contribution in [0.3, 0.4) is 0 Å². The summed E-state index contributed by atoms with van der Waals surface area (Å²) < 4.78 is 28.4. The van der Waals surface area contributed by atoms with Crippen LogP contribution in [0.1, 0.15) is 265 Å². The van der Waals surface area contributed by atoms with E-state index in [2.05, 4.69) is 93.7 Å². The number of aliphatic hydroxyl groups is 2. The number of hydrogen-bond donors (Lipinski definition) is 3. The maximum atomic E-state index is 13.2. The Bertz CT molecular complexity index is 1620. The van der Waals surface area contributed by atoms with E-state index in [-0.39, 0.29) is 25.9 Å². The summed E-state index contributed by atoms with van der Waals surface area (Å²) in [5.41, 5.74) is 0. The highest BCUT2D eigenvalue weighted by Gasteiger charge is 2.50. The van der Waals surface area contributed by atoms with Gasteiger partial charge in [0.2, 0.25) is 0 Å². The summed E-state index contributed by atoms with van der Waals surface area (Å²) in [4.78, 5) is 51.2. The predicted molar refractivity (Wildman–Crippen MR) is 312 cm³/mol. The van der Waals surface area contributed by atoms with Crippen LogP contribution in [-0.2, 0) is 42.9 Å². The van der Waals surface area contributed by atoms with Gasteiger partial charge < -0.3 is 39.0 Å². The number of carbonyl (C=O) groups is 4. The Morgan fingerprint density at radius 1 is 0.442 bits per heavy atom. The van der Waals surface area contributed by atoms with Crippen LogP contribution in [0.4, 0.5) is 0 Å². The van der Waals surface area contributed by atoms with Gasteiger partial charge in [0.1, 0.15) is 18.8 Å². The van der Waals surface area contributed by atoms with E-state index in [4.69, 9.17) is 23.7 Å². The lowest BCUT2D eigenvalue weighted by Crippen LogP contribution is -2.61. The molecular weight excluding hydrogens is 973 g/mol. The van der Waals surface area contributed by atoms with Crippen molar-refractivity contribution in [2.45, 2.75) is 302 Å². The molecular formula is C65H110O12. The van der Waals surface area contributed by atoms with Crippen LogP contribution in [-0.4, -0.2) is 89.2 Å². The maximum Gasteiger partial charge on any atom is 0.335 e. The first-order valence-electron chi connectivity index (χ1n) is 30.9. The largest absolute Gasteiger partial charge is 0.479 e. The number of hydrogen-bond acceptors (Lipinski definition) is 11. The zero-order chi connectivity index (χ0) is 56.1. The summed E-state index contributed by atoms with van der Waals surface area (Å²) in [6.07, 6.45) is 54.4. The Kier molecular flexibility index (Phi) is 48.8. The minimum absolute atomic E-state index is 0.0409. The van der Waals surface area contributed by atoms with Crippen molar-refractivity contribution in [1.82, 2.24) is 0 Å². The Morgan fingerprint density at radius 3 is 1.30 bits per heavy atom. The number of carboxylic acid groups (broad SMARTS) is 1. The Morgan fingerprint density at radius 2 is 0.844 bits per heavy atom. The second kappa shape index (κ2) is 52.8. The third-order valence-corrected chi connectivity index (χ3v) is 13.7. The fourth-order valence-corrected chi connectivity index (χ4v) is 9.04. The van der Waals surface area contributed by atoms with Gasteiger partial charge in [-0.2, -0.15) is 0 Å². The number of allylic oxidation sites excluding steroid dienone is 12. The summed E-state index contributed by atoms with van der Waals surface area (Å²) >= 11 is 0. The van der Waals surface area contributed by atoms with E-state index in [9.17, 15) is 34.5 Å². The highest BCUT2D eigenvalue weighted by Crippen LogP contribution is 2.26. The highest BCUT2D eigenvalue weighted by molar-refractivity contribution is 5.74. The first kappa shape index (κ1) is 71.2. The molecule has 0 aliphatic carbocycles. The SMILES string of the molecule is CC/C=C\C/C=C\C/C=C\C/C=C\CCCCCCC(=O)OCC(COC1OC(C(=O)O)C(O)C(O)C1OC(=O)CCCCCCC/C=C\C/C=C\CCC)OC(=O)CCCCCCCCCCCCCCCCCCC. The first-order chi connectivity index (χ1) is 37.6. The molecule has 442 valence electrons. The van der Waals surface area contributed by atoms with Gasteiger partial charge in [-0.1, -0.05) is 235 Å². The summed E-state index contributed by atoms with van der Waals surface area (Å²) in [5, 5.41) is 31.5. The van der Waals surface area contributed by atoms with E-state index in [1.165, 1.54) is 83.5 Å². The number of carbonyl (C=O) groups excluding carboxylic acids is 3. The second-order valence-corrected chi connectivity index (χ2v) is 21.0. The van der Waals surface area contributed by atoms with Gasteiger partial charge in [-0.25, -0.2) is 4.79 Å². The zero-order valence-corrected chi connectivity index (χ0v) is 48.7. The zero-order valence-electron chi connectivity index (χ0n) is 48.7. The minimum atomic E-state index is -1.91. The molecule has 12 nitrogen and oxygen atoms in total. The average Bonchev–Trinajstić information content (AvgIpc) is 3.42. The first-order valence-corrected chi connectivity index (χ1v) is 30.9. The number of aliphatic hydroxyl groups excluding tert-OH is 2. The van der Waals surface area contributed by atoms with Gasteiger partial charge in [0.25, 0.3) is 0 Å². The molecule has 1 aliphatic heterocycles. The number of ether oxygens (including phenoxy) is 5. The van der Waals surface area contributed by atoms with Gasteiger partial charge in [-0.15, -0.1) is 0 Å². The van der Waals surface area contributed by atoms with Crippen molar-refractivity contribution in [2.75, 3.05) is 13.2 Å². The quantitative estimate of drug-likeness (QED) is 0.0228. The predicted octanol–water partition coefficient (Wildman–Crippen LogP) is 16.1. The van der Waals surface area contributed by atoms with Crippen LogP contribution < -0.4 is 0 Å². The van der Waals surface area contributed by atoms with E-state index in [1.54, 1.807) is 0 Å². The third-order valence-electron chi connectivity index (χ3n) is 13.7. The van der Waals surface area contributed by atoms with Crippen LogP contribution in [0.25, 0.3) is 0 Å². The maximum absolute atomic E-state index is 13.2. The van der Waals surface area contributed by atoms with Crippen molar-refractivity contribution in [2.24, 2.45) is 0 Å². The molecule has 1 aliphatic rings. The molecule has 1 heterocycles. The lowest BCUT2D eigenvalue weighted by molar-refractivity contribution is -0.301. The molecule has 1 rings (SSSR count). The van der Waals surface area contributed by atoms with Gasteiger partial charge in [0, 0.05) is 19.3 Å². The molecule has 0 aromatic heterocycles. The molecule has 0 radical (unpaired) electrons. The summed E-state index contributed by atoms with van der Waals surface area (Å²) in [5.74, 6) is -3.16. The molecule has 12 heteroatoms. The van der Waals surface area contributed by atoms with Crippen molar-refractivity contribution >= 4 is 23.9 Å². The van der Waals surface area contributed by atoms with E-state index >= 15 is 0 Å². The van der Waals surface area contributed by atoms with Crippen molar-refractivity contribution in [3.63, 3.8) is 0 Å². The van der Waals surface area contributed by atoms with Gasteiger partial charge >= 0.3 is 23.9 Å². The van der Waals surface area contributed by atoms with E-state index in [1.807, 2.05) is 0 Å². The molecule has 0 amide bonds. The number of carboxylic acids is 1. The van der Waals surface area contributed by atoms with Crippen LogP contribution in [0, 0.1) is 0 Å². The fourth-order valence-electron chi connectivity index (χ4n) is 9.04. The topological polar surface area (TPSA) is 175 Å². The molecule has 0 aromatic rings. The highest BCUT2D eigenvalue weighted by atomic mass is 16.7. The molecule has 1 saturated heterocycles. The normalized spacial score (nSPS) is 18.5. The van der Waals surface area contributed by atoms with Crippen LogP contribution >= 0.6 is 0 Å². The van der Waals surface area contributed by atoms with Crippen LogP contribution in [0.15, 0.2) is 72.9 Å². The average molecular weight is 1080 g/mol. The third kappa shape index (κ3) is 42.7. The van der Waals surface area contributed by atoms with Crippen molar-refractivity contribution < 1.29 is 58.2 Å². The van der Waals surface area contributed by atoms with Crippen molar-refractivity contribution in [1.29, 1.82) is 0 Å². The number of rotatable bonds is 52. The molecule has 0 spiro atoms. The fraction of sp³-hybridized carbons (Fsp3) is 0.754. The molecule has 6 atom stereocenters. The summed E-state index contributed by atoms with van der Waals surface area (Å²) in [7, 11) is 0. The van der Waals surface area contributed by atoms with Crippen LogP contribution in [0.5, 0.6) is 0 Å². The number of aliphatic carboxylic acids is 1. The molecule has 0 aromatic carbocycles. The second-order valence-electron chi connectivity index (χ2n) is 21.0. The molecule has 0 saturated carbocycles. The molecule has 3 N–H and O–H groups in total. The van der Waals surface area contributed by atoms with E-state index < -0.39 is 67.3 Å². The van der Waals surface area contributed by atoms with Crippen LogP contribution in [0.2, 0.25) is 0 Å². The van der Waals surface area contributed by atoms with Gasteiger partial charge in [-0.3, -0.25) is 14.4 Å². The lowest BCUT2D eigenvalue weighted by atomic mass is 9.98. The monoisotopic (exact) mass is 1080 g/mol. The molecule has 6 unspecified atom stereocenters. The molecule has 0 bridgehead atoms. The van der Waals surface area contributed by atoms with E-state index in [0.717, 1.165) is 122 Å². The molecule has 77 heavy (non-hydrogen) atoms. The number of esters is 3. The van der Waals surface area contributed by atoms with E-state index in [0.29, 0.717) is 19.3 Å². The Balaban J connectivity index is 2.69. The summed E-state index contributed by atoms with van der Waals surface area (Å²) in [6.45, 7) is 5.81.